The summed E-state index contributed by atoms with van der Waals surface area (Å²) in [5, 5.41) is 13.1. The van der Waals surface area contributed by atoms with Gasteiger partial charge in [0.25, 0.3) is 0 Å². The summed E-state index contributed by atoms with van der Waals surface area (Å²) in [4.78, 5) is 2.33. The number of aromatic hydroxyl groups is 1. The number of piperidine rings is 1. The second-order valence-corrected chi connectivity index (χ2v) is 5.26. The maximum Gasteiger partial charge on any atom is 0.116 e. The van der Waals surface area contributed by atoms with E-state index in [4.69, 9.17) is 5.73 Å². The Kier molecular flexibility index (Phi) is 2.49. The van der Waals surface area contributed by atoms with Crippen LogP contribution in [0.1, 0.15) is 18.0 Å². The van der Waals surface area contributed by atoms with E-state index < -0.39 is 0 Å². The average molecular weight is 233 g/mol. The van der Waals surface area contributed by atoms with Gasteiger partial charge in [0.2, 0.25) is 0 Å². The van der Waals surface area contributed by atoms with Gasteiger partial charge >= 0.3 is 0 Å². The number of phenolic OH excluding ortho intramolecular Hbond substituents is 1. The molecule has 0 radical (unpaired) electrons. The van der Waals surface area contributed by atoms with E-state index >= 15 is 0 Å². The van der Waals surface area contributed by atoms with E-state index in [9.17, 15) is 5.11 Å². The van der Waals surface area contributed by atoms with Crippen LogP contribution in [0.4, 0.5) is 5.69 Å². The van der Waals surface area contributed by atoms with Crippen LogP contribution < -0.4 is 11.1 Å². The van der Waals surface area contributed by atoms with Gasteiger partial charge in [-0.2, -0.15) is 0 Å². The average Bonchev–Trinajstić information content (AvgIpc) is 2.32. The normalized spacial score (nSPS) is 32.5. The van der Waals surface area contributed by atoms with Crippen molar-refractivity contribution in [1.29, 1.82) is 0 Å². The highest BCUT2D eigenvalue weighted by Gasteiger charge is 2.37. The fraction of sp³-hybridized carbons (Fsp3) is 0.538. The van der Waals surface area contributed by atoms with E-state index in [-0.39, 0.29) is 6.04 Å². The maximum absolute atomic E-state index is 9.56. The summed E-state index contributed by atoms with van der Waals surface area (Å²) in [7, 11) is 2.14. The van der Waals surface area contributed by atoms with Gasteiger partial charge in [0, 0.05) is 30.2 Å². The monoisotopic (exact) mass is 233 g/mol. The minimum absolute atomic E-state index is 0.0195. The third kappa shape index (κ3) is 1.77. The Labute approximate surface area is 101 Å². The highest BCUT2D eigenvalue weighted by atomic mass is 16.3. The summed E-state index contributed by atoms with van der Waals surface area (Å²) in [5.74, 6) is 0.728. The van der Waals surface area contributed by atoms with Gasteiger partial charge in [-0.3, -0.25) is 0 Å². The summed E-state index contributed by atoms with van der Waals surface area (Å²) < 4.78 is 0. The van der Waals surface area contributed by atoms with E-state index in [1.54, 1.807) is 12.1 Å². The first-order valence-electron chi connectivity index (χ1n) is 6.19. The molecular formula is C13H19N3O. The van der Waals surface area contributed by atoms with Crippen molar-refractivity contribution < 1.29 is 5.11 Å². The molecule has 2 heterocycles. The molecule has 1 fully saturated rings. The van der Waals surface area contributed by atoms with Gasteiger partial charge in [-0.15, -0.1) is 0 Å². The van der Waals surface area contributed by atoms with E-state index in [1.165, 1.54) is 0 Å². The standard InChI is InChI=1S/C13H19N3O/c1-16-5-4-12-10(7-16)13(14)9-6-8(17)2-3-11(9)15-12/h2-3,6,10,12-13,15,17H,4-5,7,14H2,1H3. The molecule has 17 heavy (non-hydrogen) atoms. The summed E-state index contributed by atoms with van der Waals surface area (Å²) in [6, 6.07) is 5.93. The van der Waals surface area contributed by atoms with Crippen LogP contribution in [-0.4, -0.2) is 36.2 Å². The minimum atomic E-state index is 0.0195. The summed E-state index contributed by atoms with van der Waals surface area (Å²) in [6.45, 7) is 2.14. The zero-order valence-electron chi connectivity index (χ0n) is 10.1. The van der Waals surface area contributed by atoms with Crippen molar-refractivity contribution in [3.8, 4) is 5.75 Å². The molecule has 3 unspecified atom stereocenters. The molecule has 2 aliphatic rings. The van der Waals surface area contributed by atoms with Crippen molar-refractivity contribution in [2.24, 2.45) is 11.7 Å². The van der Waals surface area contributed by atoms with Crippen LogP contribution in [0.2, 0.25) is 0 Å². The van der Waals surface area contributed by atoms with Gasteiger partial charge in [0.15, 0.2) is 0 Å². The fourth-order valence-corrected chi connectivity index (χ4v) is 3.08. The summed E-state index contributed by atoms with van der Waals surface area (Å²) >= 11 is 0. The highest BCUT2D eigenvalue weighted by Crippen LogP contribution is 2.39. The summed E-state index contributed by atoms with van der Waals surface area (Å²) in [6.07, 6.45) is 1.13. The number of nitrogens with one attached hydrogen (secondary N) is 1. The minimum Gasteiger partial charge on any atom is -0.508 e. The Morgan fingerprint density at radius 2 is 2.29 bits per heavy atom. The van der Waals surface area contributed by atoms with Crippen molar-refractivity contribution >= 4 is 5.69 Å². The Balaban J connectivity index is 1.96. The summed E-state index contributed by atoms with van der Waals surface area (Å²) in [5.41, 5.74) is 8.48. The van der Waals surface area contributed by atoms with Crippen LogP contribution in [-0.2, 0) is 0 Å². The number of hydrogen-bond acceptors (Lipinski definition) is 4. The largest absolute Gasteiger partial charge is 0.508 e. The molecule has 0 aliphatic carbocycles. The maximum atomic E-state index is 9.56. The molecule has 0 aromatic heterocycles. The Morgan fingerprint density at radius 1 is 1.47 bits per heavy atom. The van der Waals surface area contributed by atoms with E-state index in [1.807, 2.05) is 6.07 Å². The molecule has 2 aliphatic heterocycles. The molecule has 1 saturated heterocycles. The molecule has 4 nitrogen and oxygen atoms in total. The van der Waals surface area contributed by atoms with Gasteiger partial charge in [-0.1, -0.05) is 0 Å². The van der Waals surface area contributed by atoms with Crippen molar-refractivity contribution in [2.75, 3.05) is 25.5 Å². The van der Waals surface area contributed by atoms with Crippen molar-refractivity contribution in [3.63, 3.8) is 0 Å². The third-order valence-corrected chi connectivity index (χ3v) is 4.06. The third-order valence-electron chi connectivity index (χ3n) is 4.06. The van der Waals surface area contributed by atoms with Crippen LogP contribution >= 0.6 is 0 Å². The van der Waals surface area contributed by atoms with Crippen LogP contribution in [0, 0.1) is 5.92 Å². The molecule has 3 atom stereocenters. The van der Waals surface area contributed by atoms with Crippen molar-refractivity contribution in [3.05, 3.63) is 23.8 Å². The number of rotatable bonds is 0. The lowest BCUT2D eigenvalue weighted by Crippen LogP contribution is -2.51. The zero-order valence-corrected chi connectivity index (χ0v) is 10.1. The molecule has 3 rings (SSSR count). The lowest BCUT2D eigenvalue weighted by molar-refractivity contribution is 0.168. The molecule has 4 heteroatoms. The van der Waals surface area contributed by atoms with E-state index in [0.29, 0.717) is 17.7 Å². The predicted octanol–water partition coefficient (Wildman–Crippen LogP) is 1.14. The SMILES string of the molecule is CN1CCC2Nc3ccc(O)cc3C(N)C2C1. The van der Waals surface area contributed by atoms with E-state index in [0.717, 1.165) is 30.8 Å². The quantitative estimate of drug-likeness (QED) is 0.588. The van der Waals surface area contributed by atoms with Gasteiger partial charge in [0.1, 0.15) is 5.75 Å². The molecule has 0 saturated carbocycles. The number of hydrogen-bond donors (Lipinski definition) is 3. The zero-order chi connectivity index (χ0) is 12.0. The number of likely N-dealkylation sites (tertiary alicyclic amines) is 1. The van der Waals surface area contributed by atoms with Crippen LogP contribution in [0.25, 0.3) is 0 Å². The first-order chi connectivity index (χ1) is 8.15. The molecule has 92 valence electrons. The Morgan fingerprint density at radius 3 is 3.12 bits per heavy atom. The number of phenols is 1. The molecular weight excluding hydrogens is 214 g/mol. The fourth-order valence-electron chi connectivity index (χ4n) is 3.08. The molecule has 0 spiro atoms. The lowest BCUT2D eigenvalue weighted by Gasteiger charge is -2.44. The van der Waals surface area contributed by atoms with Gasteiger partial charge in [0.05, 0.1) is 0 Å². The van der Waals surface area contributed by atoms with Crippen LogP contribution in [0.5, 0.6) is 5.75 Å². The number of nitrogens with two attached hydrogens (primary N) is 1. The van der Waals surface area contributed by atoms with Gasteiger partial charge < -0.3 is 21.1 Å². The molecule has 1 aromatic carbocycles. The molecule has 0 amide bonds. The van der Waals surface area contributed by atoms with Crippen molar-refractivity contribution in [1.82, 2.24) is 4.90 Å². The smallest absolute Gasteiger partial charge is 0.116 e. The van der Waals surface area contributed by atoms with Gasteiger partial charge in [-0.05, 0) is 43.8 Å². The van der Waals surface area contributed by atoms with Crippen molar-refractivity contribution in [2.45, 2.75) is 18.5 Å². The Bertz CT molecular complexity index is 435. The van der Waals surface area contributed by atoms with Crippen LogP contribution in [0.15, 0.2) is 18.2 Å². The number of benzene rings is 1. The van der Waals surface area contributed by atoms with Crippen LogP contribution in [0.3, 0.4) is 0 Å². The van der Waals surface area contributed by atoms with Gasteiger partial charge in [-0.25, -0.2) is 0 Å². The molecule has 1 aromatic rings. The second-order valence-electron chi connectivity index (χ2n) is 5.26. The molecule has 0 bridgehead atoms. The lowest BCUT2D eigenvalue weighted by atomic mass is 9.79. The number of anilines is 1. The highest BCUT2D eigenvalue weighted by molar-refractivity contribution is 5.58. The topological polar surface area (TPSA) is 61.5 Å². The van der Waals surface area contributed by atoms with E-state index in [2.05, 4.69) is 17.3 Å². The first-order valence-corrected chi connectivity index (χ1v) is 6.19. The number of nitrogens with zero attached hydrogens (tertiary/aromatic N) is 1. The number of fused-ring (bicyclic) bond motifs is 2. The predicted molar refractivity (Wildman–Crippen MR) is 68.0 cm³/mol. The first kappa shape index (κ1) is 10.9. The second kappa shape index (κ2) is 3.89. The molecule has 4 N–H and O–H groups in total. The Hall–Kier alpha value is -1.26.